The number of unbranched alkanes of at least 4 members (excludes halogenated alkanes) is 3. The Morgan fingerprint density at radius 1 is 0.904 bits per heavy atom. The SMILES string of the molecule is CCCCCCNC(=O)c1ccc(C#Cc2ccc(-c3cc(C(=O)NNC(=O)OC(C)(C)C)c4cnc(NC(=O)CC(=O)O)cc4n3)cc2)c(Cl)c1. The molecule has 4 aromatic rings. The van der Waals surface area contributed by atoms with Crippen molar-refractivity contribution in [2.24, 2.45) is 0 Å². The van der Waals surface area contributed by atoms with Crippen molar-refractivity contribution in [3.8, 4) is 23.1 Å². The number of hydrazine groups is 1. The van der Waals surface area contributed by atoms with Crippen molar-refractivity contribution in [2.45, 2.75) is 65.4 Å². The number of carboxylic acid groups (broad SMARTS) is 1. The molecule has 2 aromatic carbocycles. The smallest absolute Gasteiger partial charge is 0.426 e. The van der Waals surface area contributed by atoms with Crippen molar-refractivity contribution in [1.82, 2.24) is 26.1 Å². The Morgan fingerprint density at radius 3 is 2.33 bits per heavy atom. The van der Waals surface area contributed by atoms with Crippen molar-refractivity contribution < 1.29 is 33.8 Å². The maximum Gasteiger partial charge on any atom is 0.426 e. The number of carboxylic acids is 1. The molecule has 14 heteroatoms. The van der Waals surface area contributed by atoms with Crippen LogP contribution in [0.25, 0.3) is 22.2 Å². The van der Waals surface area contributed by atoms with E-state index in [9.17, 15) is 24.0 Å². The Balaban J connectivity index is 1.57. The molecule has 2 heterocycles. The highest BCUT2D eigenvalue weighted by molar-refractivity contribution is 6.32. The highest BCUT2D eigenvalue weighted by atomic mass is 35.5. The zero-order valence-electron chi connectivity index (χ0n) is 29.2. The number of aliphatic carboxylic acids is 1. The van der Waals surface area contributed by atoms with Crippen LogP contribution in [-0.2, 0) is 14.3 Å². The molecule has 0 spiro atoms. The lowest BCUT2D eigenvalue weighted by molar-refractivity contribution is -0.139. The van der Waals surface area contributed by atoms with Crippen molar-refractivity contribution >= 4 is 58.1 Å². The first-order valence-electron chi connectivity index (χ1n) is 16.5. The van der Waals surface area contributed by atoms with Crippen molar-refractivity contribution in [3.05, 3.63) is 88.1 Å². The fourth-order valence-corrected chi connectivity index (χ4v) is 5.03. The van der Waals surface area contributed by atoms with Gasteiger partial charge in [-0.3, -0.25) is 24.6 Å². The normalized spacial score (nSPS) is 10.8. The number of anilines is 1. The van der Waals surface area contributed by atoms with Gasteiger partial charge in [0.15, 0.2) is 0 Å². The molecule has 0 aliphatic heterocycles. The van der Waals surface area contributed by atoms with Gasteiger partial charge in [0.05, 0.1) is 21.8 Å². The molecule has 4 amide bonds. The number of benzene rings is 2. The van der Waals surface area contributed by atoms with E-state index in [0.29, 0.717) is 44.9 Å². The van der Waals surface area contributed by atoms with E-state index in [1.165, 1.54) is 18.3 Å². The van der Waals surface area contributed by atoms with Gasteiger partial charge in [-0.05, 0) is 63.6 Å². The molecule has 0 unspecified atom stereocenters. The average Bonchev–Trinajstić information content (AvgIpc) is 3.08. The summed E-state index contributed by atoms with van der Waals surface area (Å²) < 4.78 is 5.18. The van der Waals surface area contributed by atoms with Crippen LogP contribution >= 0.6 is 11.6 Å². The first-order valence-corrected chi connectivity index (χ1v) is 16.9. The van der Waals surface area contributed by atoms with Crippen LogP contribution in [0.4, 0.5) is 10.6 Å². The molecule has 4 rings (SSSR count). The third-order valence-corrected chi connectivity index (χ3v) is 7.58. The monoisotopic (exact) mass is 726 g/mol. The summed E-state index contributed by atoms with van der Waals surface area (Å²) in [4.78, 5) is 69.8. The van der Waals surface area contributed by atoms with Crippen LogP contribution in [0.15, 0.2) is 60.8 Å². The van der Waals surface area contributed by atoms with Gasteiger partial charge in [-0.1, -0.05) is 61.8 Å². The summed E-state index contributed by atoms with van der Waals surface area (Å²) in [5, 5.41) is 14.9. The number of aromatic nitrogens is 2. The molecule has 0 aliphatic rings. The van der Waals surface area contributed by atoms with Gasteiger partial charge in [0.1, 0.15) is 17.8 Å². The summed E-state index contributed by atoms with van der Waals surface area (Å²) in [5.41, 5.74) is 6.74. The average molecular weight is 727 g/mol. The molecule has 13 nitrogen and oxygen atoms in total. The number of pyridine rings is 2. The molecule has 0 bridgehead atoms. The minimum absolute atomic E-state index is 0.0296. The van der Waals surface area contributed by atoms with E-state index in [4.69, 9.17) is 21.4 Å². The van der Waals surface area contributed by atoms with Gasteiger partial charge < -0.3 is 20.5 Å². The molecular weight excluding hydrogens is 688 g/mol. The number of nitrogens with zero attached hydrogens (tertiary/aromatic N) is 2. The summed E-state index contributed by atoms with van der Waals surface area (Å²) in [5.74, 6) is 3.15. The van der Waals surface area contributed by atoms with Crippen LogP contribution in [0, 0.1) is 11.8 Å². The first-order chi connectivity index (χ1) is 24.7. The van der Waals surface area contributed by atoms with Crippen LogP contribution < -0.4 is 21.5 Å². The van der Waals surface area contributed by atoms with Gasteiger partial charge in [0.2, 0.25) is 5.91 Å². The van der Waals surface area contributed by atoms with E-state index < -0.39 is 35.9 Å². The summed E-state index contributed by atoms with van der Waals surface area (Å²) >= 11 is 6.46. The third kappa shape index (κ3) is 11.5. The standard InChI is InChI=1S/C38H39ClN6O7/c1-5-6-7-8-17-40-35(49)26-16-15-24(29(39)18-26)12-9-23-10-13-25(14-11-23)30-19-27(36(50)44-45-37(51)52-38(2,3)4)28-22-41-32(20-31(28)42-30)43-33(46)21-34(47)48/h10-11,13-16,18-20,22H,5-8,17,21H2,1-4H3,(H,40,49)(H,44,50)(H,45,51)(H,47,48)(H,41,43,46). The molecular formula is C38H39ClN6O7. The van der Waals surface area contributed by atoms with Gasteiger partial charge >= 0.3 is 12.1 Å². The van der Waals surface area contributed by atoms with Crippen LogP contribution in [0.1, 0.15) is 91.6 Å². The van der Waals surface area contributed by atoms with Gasteiger partial charge in [-0.15, -0.1) is 0 Å². The Morgan fingerprint density at radius 2 is 1.65 bits per heavy atom. The second-order valence-corrected chi connectivity index (χ2v) is 13.1. The molecule has 0 aliphatic carbocycles. The van der Waals surface area contributed by atoms with Crippen LogP contribution in [0.5, 0.6) is 0 Å². The number of hydrogen-bond donors (Lipinski definition) is 5. The van der Waals surface area contributed by atoms with Crippen molar-refractivity contribution in [1.29, 1.82) is 0 Å². The van der Waals surface area contributed by atoms with Crippen LogP contribution in [0.2, 0.25) is 5.02 Å². The van der Waals surface area contributed by atoms with E-state index in [0.717, 1.165) is 25.7 Å². The minimum atomic E-state index is -1.31. The molecule has 0 atom stereocenters. The topological polar surface area (TPSA) is 189 Å². The third-order valence-electron chi connectivity index (χ3n) is 7.26. The van der Waals surface area contributed by atoms with E-state index in [-0.39, 0.29) is 22.8 Å². The summed E-state index contributed by atoms with van der Waals surface area (Å²) in [7, 11) is 0. The number of amides is 4. The van der Waals surface area contributed by atoms with Crippen molar-refractivity contribution in [3.63, 3.8) is 0 Å². The fraction of sp³-hybridized carbons (Fsp3) is 0.289. The number of ether oxygens (including phenoxy) is 1. The van der Waals surface area contributed by atoms with Gasteiger partial charge in [0, 0.05) is 46.4 Å². The van der Waals surface area contributed by atoms with Gasteiger partial charge in [-0.2, -0.15) is 0 Å². The van der Waals surface area contributed by atoms with E-state index in [1.54, 1.807) is 63.2 Å². The number of nitrogens with one attached hydrogen (secondary N) is 4. The number of hydrogen-bond acceptors (Lipinski definition) is 8. The maximum absolute atomic E-state index is 13.3. The Bertz CT molecular complexity index is 2050. The lowest BCUT2D eigenvalue weighted by atomic mass is 10.0. The van der Waals surface area contributed by atoms with Gasteiger partial charge in [-0.25, -0.2) is 20.2 Å². The predicted octanol–water partition coefficient (Wildman–Crippen LogP) is 6.24. The maximum atomic E-state index is 13.3. The molecule has 0 saturated heterocycles. The number of carbonyl (C=O) groups excluding carboxylic acids is 4. The highest BCUT2D eigenvalue weighted by Crippen LogP contribution is 2.27. The summed E-state index contributed by atoms with van der Waals surface area (Å²) in [6.07, 6.45) is 3.92. The number of halogens is 1. The fourth-order valence-electron chi connectivity index (χ4n) is 4.81. The van der Waals surface area contributed by atoms with E-state index >= 15 is 0 Å². The Labute approximate surface area is 305 Å². The molecule has 5 N–H and O–H groups in total. The lowest BCUT2D eigenvalue weighted by Gasteiger charge is -2.20. The quantitative estimate of drug-likeness (QED) is 0.0516. The number of carbonyl (C=O) groups is 5. The second kappa shape index (κ2) is 17.8. The van der Waals surface area contributed by atoms with E-state index in [2.05, 4.69) is 50.2 Å². The molecule has 2 aromatic heterocycles. The molecule has 52 heavy (non-hydrogen) atoms. The zero-order chi connectivity index (χ0) is 37.8. The van der Waals surface area contributed by atoms with Gasteiger partial charge in [0.25, 0.3) is 11.8 Å². The molecule has 0 saturated carbocycles. The summed E-state index contributed by atoms with van der Waals surface area (Å²) in [6.45, 7) is 7.77. The van der Waals surface area contributed by atoms with Crippen LogP contribution in [0.3, 0.4) is 0 Å². The summed E-state index contributed by atoms with van der Waals surface area (Å²) in [6, 6.07) is 14.9. The molecule has 270 valence electrons. The molecule has 0 radical (unpaired) electrons. The van der Waals surface area contributed by atoms with Crippen LogP contribution in [-0.4, -0.2) is 57.0 Å². The predicted molar refractivity (Wildman–Crippen MR) is 197 cm³/mol. The number of fused-ring (bicyclic) bond motifs is 1. The second-order valence-electron chi connectivity index (χ2n) is 12.7. The highest BCUT2D eigenvalue weighted by Gasteiger charge is 2.20. The van der Waals surface area contributed by atoms with Crippen molar-refractivity contribution in [2.75, 3.05) is 11.9 Å². The largest absolute Gasteiger partial charge is 0.481 e. The zero-order valence-corrected chi connectivity index (χ0v) is 29.9. The molecule has 0 fully saturated rings. The lowest BCUT2D eigenvalue weighted by Crippen LogP contribution is -2.44. The Hall–Kier alpha value is -6.00. The first kappa shape index (κ1) is 38.8. The number of rotatable bonds is 11. The minimum Gasteiger partial charge on any atom is -0.481 e. The Kier molecular flexibility index (Phi) is 13.3. The van der Waals surface area contributed by atoms with E-state index in [1.807, 2.05) is 0 Å².